The van der Waals surface area contributed by atoms with Crippen LogP contribution in [0.5, 0.6) is 0 Å². The minimum atomic E-state index is -0.814. The second-order valence-corrected chi connectivity index (χ2v) is 5.40. The summed E-state index contributed by atoms with van der Waals surface area (Å²) in [5.74, 6) is 0. The van der Waals surface area contributed by atoms with E-state index >= 15 is 0 Å². The molecule has 1 aromatic carbocycles. The standard InChI is InChI=1S/C11H15NOS/c1-14(13)10-7-6-8-4-2-3-5-9(8)11(10)12/h2-5,10-11H,6-7,12H2,1H3. The summed E-state index contributed by atoms with van der Waals surface area (Å²) in [7, 11) is -0.814. The van der Waals surface area contributed by atoms with Crippen molar-refractivity contribution in [3.63, 3.8) is 0 Å². The molecule has 0 saturated heterocycles. The fraction of sp³-hybridized carbons (Fsp3) is 0.455. The summed E-state index contributed by atoms with van der Waals surface area (Å²) in [4.78, 5) is 0. The topological polar surface area (TPSA) is 43.1 Å². The van der Waals surface area contributed by atoms with Crippen LogP contribution < -0.4 is 5.73 Å². The number of fused-ring (bicyclic) bond motifs is 1. The second kappa shape index (κ2) is 3.83. The predicted molar refractivity (Wildman–Crippen MR) is 59.5 cm³/mol. The zero-order valence-corrected chi connectivity index (χ0v) is 9.09. The largest absolute Gasteiger partial charge is 0.323 e. The molecule has 0 bridgehead atoms. The van der Waals surface area contributed by atoms with Crippen molar-refractivity contribution in [2.45, 2.75) is 24.1 Å². The van der Waals surface area contributed by atoms with Gasteiger partial charge in [-0.15, -0.1) is 0 Å². The van der Waals surface area contributed by atoms with Crippen LogP contribution in [0.3, 0.4) is 0 Å². The quantitative estimate of drug-likeness (QED) is 0.759. The van der Waals surface area contributed by atoms with E-state index in [-0.39, 0.29) is 11.3 Å². The van der Waals surface area contributed by atoms with Crippen molar-refractivity contribution in [3.8, 4) is 0 Å². The summed E-state index contributed by atoms with van der Waals surface area (Å²) in [5.41, 5.74) is 8.60. The van der Waals surface area contributed by atoms with Gasteiger partial charge in [0.05, 0.1) is 5.25 Å². The zero-order chi connectivity index (χ0) is 10.1. The van der Waals surface area contributed by atoms with E-state index in [4.69, 9.17) is 5.73 Å². The molecule has 0 fully saturated rings. The summed E-state index contributed by atoms with van der Waals surface area (Å²) < 4.78 is 11.5. The Balaban J connectivity index is 2.36. The third kappa shape index (κ3) is 1.62. The van der Waals surface area contributed by atoms with Gasteiger partial charge in [-0.3, -0.25) is 4.21 Å². The molecule has 2 rings (SSSR count). The van der Waals surface area contributed by atoms with Crippen LogP contribution in [0.1, 0.15) is 23.6 Å². The van der Waals surface area contributed by atoms with Gasteiger partial charge in [0.1, 0.15) is 0 Å². The third-order valence-electron chi connectivity index (χ3n) is 2.94. The average Bonchev–Trinajstić information content (AvgIpc) is 2.18. The first kappa shape index (κ1) is 9.87. The van der Waals surface area contributed by atoms with Gasteiger partial charge in [0, 0.05) is 23.1 Å². The highest BCUT2D eigenvalue weighted by molar-refractivity contribution is 7.84. The smallest absolute Gasteiger partial charge is 0.0541 e. The summed E-state index contributed by atoms with van der Waals surface area (Å²) >= 11 is 0. The van der Waals surface area contributed by atoms with Crippen LogP contribution >= 0.6 is 0 Å². The van der Waals surface area contributed by atoms with Gasteiger partial charge < -0.3 is 5.73 Å². The highest BCUT2D eigenvalue weighted by atomic mass is 32.2. The molecular weight excluding hydrogens is 194 g/mol. The number of hydrogen-bond donors (Lipinski definition) is 1. The lowest BCUT2D eigenvalue weighted by Crippen LogP contribution is -2.34. The third-order valence-corrected chi connectivity index (χ3v) is 4.32. The zero-order valence-electron chi connectivity index (χ0n) is 8.27. The van der Waals surface area contributed by atoms with Crippen molar-refractivity contribution in [1.82, 2.24) is 0 Å². The fourth-order valence-electron chi connectivity index (χ4n) is 2.14. The maximum Gasteiger partial charge on any atom is 0.0541 e. The molecule has 0 aliphatic heterocycles. The van der Waals surface area contributed by atoms with E-state index < -0.39 is 10.8 Å². The van der Waals surface area contributed by atoms with Crippen LogP contribution in [0.25, 0.3) is 0 Å². The molecule has 0 aromatic heterocycles. The first-order valence-corrected chi connectivity index (χ1v) is 6.48. The molecule has 2 nitrogen and oxygen atoms in total. The Kier molecular flexibility index (Phi) is 2.70. The van der Waals surface area contributed by atoms with Gasteiger partial charge in [0.15, 0.2) is 0 Å². The van der Waals surface area contributed by atoms with Gasteiger partial charge in [0.25, 0.3) is 0 Å². The predicted octanol–water partition coefficient (Wildman–Crippen LogP) is 1.38. The lowest BCUT2D eigenvalue weighted by atomic mass is 9.88. The van der Waals surface area contributed by atoms with E-state index in [0.29, 0.717) is 0 Å². The number of hydrogen-bond acceptors (Lipinski definition) is 2. The summed E-state index contributed by atoms with van der Waals surface area (Å²) in [6.07, 6.45) is 3.70. The van der Waals surface area contributed by atoms with Gasteiger partial charge in [-0.1, -0.05) is 24.3 Å². The fourth-order valence-corrected chi connectivity index (χ4v) is 3.15. The monoisotopic (exact) mass is 209 g/mol. The van der Waals surface area contributed by atoms with E-state index in [1.165, 1.54) is 11.1 Å². The second-order valence-electron chi connectivity index (χ2n) is 3.80. The molecule has 0 saturated carbocycles. The molecule has 3 heteroatoms. The average molecular weight is 209 g/mol. The van der Waals surface area contributed by atoms with Crippen molar-refractivity contribution < 1.29 is 4.21 Å². The van der Waals surface area contributed by atoms with Crippen LogP contribution in [0, 0.1) is 0 Å². The number of rotatable bonds is 1. The van der Waals surface area contributed by atoms with Crippen molar-refractivity contribution in [3.05, 3.63) is 35.4 Å². The van der Waals surface area contributed by atoms with Crippen molar-refractivity contribution in [2.24, 2.45) is 5.73 Å². The van der Waals surface area contributed by atoms with Gasteiger partial charge in [0.2, 0.25) is 0 Å². The molecule has 0 spiro atoms. The molecule has 0 amide bonds. The molecule has 3 unspecified atom stereocenters. The highest BCUT2D eigenvalue weighted by Crippen LogP contribution is 2.30. The molecule has 1 aliphatic rings. The normalized spacial score (nSPS) is 28.1. The van der Waals surface area contributed by atoms with Crippen LogP contribution in [0.15, 0.2) is 24.3 Å². The maximum absolute atomic E-state index is 11.5. The van der Waals surface area contributed by atoms with E-state index in [0.717, 1.165) is 12.8 Å². The van der Waals surface area contributed by atoms with E-state index in [9.17, 15) is 4.21 Å². The van der Waals surface area contributed by atoms with Crippen molar-refractivity contribution in [1.29, 1.82) is 0 Å². The van der Waals surface area contributed by atoms with Crippen LogP contribution in [-0.4, -0.2) is 15.7 Å². The first-order chi connectivity index (χ1) is 6.70. The number of aryl methyl sites for hydroxylation is 1. The van der Waals surface area contributed by atoms with E-state index in [1.807, 2.05) is 12.1 Å². The van der Waals surface area contributed by atoms with Crippen LogP contribution in [0.4, 0.5) is 0 Å². The molecule has 2 N–H and O–H groups in total. The minimum Gasteiger partial charge on any atom is -0.323 e. The summed E-state index contributed by atoms with van der Waals surface area (Å²) in [6, 6.07) is 8.16. The number of benzene rings is 1. The summed E-state index contributed by atoms with van der Waals surface area (Å²) in [5, 5.41) is 0.130. The Bertz CT molecular complexity index is 364. The highest BCUT2D eigenvalue weighted by Gasteiger charge is 2.28. The van der Waals surface area contributed by atoms with Crippen molar-refractivity contribution >= 4 is 10.8 Å². The molecule has 0 heterocycles. The molecule has 14 heavy (non-hydrogen) atoms. The molecule has 1 aliphatic carbocycles. The first-order valence-electron chi connectivity index (χ1n) is 4.86. The molecule has 1 aromatic rings. The molecule has 3 atom stereocenters. The SMILES string of the molecule is CS(=O)C1CCc2ccccc2C1N. The Morgan fingerprint density at radius 3 is 2.86 bits per heavy atom. The van der Waals surface area contributed by atoms with Crippen LogP contribution in [-0.2, 0) is 17.2 Å². The van der Waals surface area contributed by atoms with Gasteiger partial charge in [-0.05, 0) is 24.0 Å². The molecule has 0 radical (unpaired) electrons. The Morgan fingerprint density at radius 2 is 2.14 bits per heavy atom. The molecule has 76 valence electrons. The number of nitrogens with two attached hydrogens (primary N) is 1. The van der Waals surface area contributed by atoms with E-state index in [1.54, 1.807) is 6.26 Å². The lowest BCUT2D eigenvalue weighted by Gasteiger charge is -2.29. The van der Waals surface area contributed by atoms with Gasteiger partial charge >= 0.3 is 0 Å². The van der Waals surface area contributed by atoms with E-state index in [2.05, 4.69) is 12.1 Å². The maximum atomic E-state index is 11.5. The molecular formula is C11H15NOS. The van der Waals surface area contributed by atoms with Gasteiger partial charge in [-0.25, -0.2) is 0 Å². The van der Waals surface area contributed by atoms with Gasteiger partial charge in [-0.2, -0.15) is 0 Å². The van der Waals surface area contributed by atoms with Crippen molar-refractivity contribution in [2.75, 3.05) is 6.26 Å². The lowest BCUT2D eigenvalue weighted by molar-refractivity contribution is 0.565. The Hall–Kier alpha value is -0.670. The summed E-state index contributed by atoms with van der Waals surface area (Å²) in [6.45, 7) is 0. The Labute approximate surface area is 87.0 Å². The Morgan fingerprint density at radius 1 is 1.43 bits per heavy atom. The van der Waals surface area contributed by atoms with Crippen LogP contribution in [0.2, 0.25) is 0 Å². The minimum absolute atomic E-state index is 0.0502.